The molecule has 1 aromatic rings. The molecule has 1 atom stereocenters. The number of amides is 2. The second-order valence-electron chi connectivity index (χ2n) is 6.92. The molecule has 4 nitrogen and oxygen atoms in total. The van der Waals surface area contributed by atoms with E-state index in [-0.39, 0.29) is 23.8 Å². The summed E-state index contributed by atoms with van der Waals surface area (Å²) in [4.78, 5) is 23.8. The molecule has 0 spiro atoms. The minimum Gasteiger partial charge on any atom is -0.350 e. The lowest BCUT2D eigenvalue weighted by Crippen LogP contribution is -2.32. The van der Waals surface area contributed by atoms with Crippen LogP contribution in [0.3, 0.4) is 0 Å². The van der Waals surface area contributed by atoms with Gasteiger partial charge in [-0.05, 0) is 43.5 Å². The Kier molecular flexibility index (Phi) is 7.79. The fourth-order valence-corrected chi connectivity index (χ4v) is 2.20. The molecule has 1 rings (SSSR count). The molecule has 0 saturated heterocycles. The van der Waals surface area contributed by atoms with Gasteiger partial charge in [0.2, 0.25) is 5.91 Å². The third-order valence-corrected chi connectivity index (χ3v) is 3.74. The fourth-order valence-electron chi connectivity index (χ4n) is 2.20. The maximum absolute atomic E-state index is 12.2. The second kappa shape index (κ2) is 9.33. The minimum atomic E-state index is -0.0659. The van der Waals surface area contributed by atoms with Crippen LogP contribution >= 0.6 is 0 Å². The normalized spacial score (nSPS) is 12.3. The highest BCUT2D eigenvalue weighted by molar-refractivity contribution is 5.96. The molecule has 2 amide bonds. The summed E-state index contributed by atoms with van der Waals surface area (Å²) in [7, 11) is 0. The largest absolute Gasteiger partial charge is 0.350 e. The van der Waals surface area contributed by atoms with Crippen LogP contribution in [-0.4, -0.2) is 17.9 Å². The summed E-state index contributed by atoms with van der Waals surface area (Å²) in [5.74, 6) is 0.543. The van der Waals surface area contributed by atoms with Crippen molar-refractivity contribution in [2.24, 2.45) is 11.8 Å². The lowest BCUT2D eigenvalue weighted by Gasteiger charge is -2.15. The number of rotatable bonds is 8. The van der Waals surface area contributed by atoms with Crippen molar-refractivity contribution >= 4 is 17.5 Å². The summed E-state index contributed by atoms with van der Waals surface area (Å²) in [6.45, 7) is 10.1. The summed E-state index contributed by atoms with van der Waals surface area (Å²) in [6, 6.07) is 7.18. The Bertz CT molecular complexity index is 507. The SMILES string of the molecule is CC(C)CCCC(C)NC(=O)c1ccc(NC(=O)C(C)C)cc1. The van der Waals surface area contributed by atoms with Gasteiger partial charge in [-0.3, -0.25) is 9.59 Å². The molecule has 0 radical (unpaired) electrons. The summed E-state index contributed by atoms with van der Waals surface area (Å²) >= 11 is 0. The van der Waals surface area contributed by atoms with Gasteiger partial charge in [-0.25, -0.2) is 0 Å². The lowest BCUT2D eigenvalue weighted by atomic mass is 10.0. The van der Waals surface area contributed by atoms with E-state index in [0.717, 1.165) is 12.8 Å². The van der Waals surface area contributed by atoms with E-state index in [1.807, 2.05) is 20.8 Å². The molecular formula is C19H30N2O2. The van der Waals surface area contributed by atoms with Gasteiger partial charge in [-0.1, -0.05) is 40.5 Å². The van der Waals surface area contributed by atoms with Gasteiger partial charge in [0.1, 0.15) is 0 Å². The van der Waals surface area contributed by atoms with E-state index in [1.54, 1.807) is 24.3 Å². The van der Waals surface area contributed by atoms with Crippen molar-refractivity contribution in [3.05, 3.63) is 29.8 Å². The fraction of sp³-hybridized carbons (Fsp3) is 0.579. The molecule has 2 N–H and O–H groups in total. The predicted molar refractivity (Wildman–Crippen MR) is 95.5 cm³/mol. The Morgan fingerprint density at radius 3 is 2.09 bits per heavy atom. The van der Waals surface area contributed by atoms with Gasteiger partial charge < -0.3 is 10.6 Å². The molecule has 1 unspecified atom stereocenters. The number of carbonyl (C=O) groups is 2. The third-order valence-electron chi connectivity index (χ3n) is 3.74. The number of anilines is 1. The topological polar surface area (TPSA) is 58.2 Å². The number of carbonyl (C=O) groups excluding carboxylic acids is 2. The van der Waals surface area contributed by atoms with Gasteiger partial charge in [-0.2, -0.15) is 0 Å². The lowest BCUT2D eigenvalue weighted by molar-refractivity contribution is -0.118. The highest BCUT2D eigenvalue weighted by Crippen LogP contribution is 2.12. The van der Waals surface area contributed by atoms with Crippen molar-refractivity contribution in [2.75, 3.05) is 5.32 Å². The molecule has 0 aliphatic carbocycles. The zero-order chi connectivity index (χ0) is 17.4. The van der Waals surface area contributed by atoms with E-state index in [4.69, 9.17) is 0 Å². The average molecular weight is 318 g/mol. The van der Waals surface area contributed by atoms with Crippen LogP contribution in [-0.2, 0) is 4.79 Å². The number of nitrogens with one attached hydrogen (secondary N) is 2. The van der Waals surface area contributed by atoms with Crippen LogP contribution in [0.2, 0.25) is 0 Å². The van der Waals surface area contributed by atoms with E-state index in [0.29, 0.717) is 17.2 Å². The molecular weight excluding hydrogens is 288 g/mol. The molecule has 0 heterocycles. The van der Waals surface area contributed by atoms with E-state index in [1.165, 1.54) is 6.42 Å². The van der Waals surface area contributed by atoms with Gasteiger partial charge in [0.05, 0.1) is 0 Å². The van der Waals surface area contributed by atoms with E-state index < -0.39 is 0 Å². The molecule has 0 aliphatic rings. The molecule has 1 aromatic carbocycles. The van der Waals surface area contributed by atoms with Crippen molar-refractivity contribution < 1.29 is 9.59 Å². The summed E-state index contributed by atoms with van der Waals surface area (Å²) in [6.07, 6.45) is 3.30. The van der Waals surface area contributed by atoms with Crippen LogP contribution in [0.15, 0.2) is 24.3 Å². The van der Waals surface area contributed by atoms with Crippen molar-refractivity contribution in [3.63, 3.8) is 0 Å². The number of benzene rings is 1. The summed E-state index contributed by atoms with van der Waals surface area (Å²) in [5, 5.41) is 5.84. The minimum absolute atomic E-state index is 0.0269. The molecule has 0 aromatic heterocycles. The standard InChI is InChI=1S/C19H30N2O2/c1-13(2)7-6-8-15(5)20-19(23)16-9-11-17(12-10-16)21-18(22)14(3)4/h9-15H,6-8H2,1-5H3,(H,20,23)(H,21,22). The highest BCUT2D eigenvalue weighted by atomic mass is 16.2. The average Bonchev–Trinajstić information content (AvgIpc) is 2.47. The molecule has 0 bridgehead atoms. The van der Waals surface area contributed by atoms with E-state index in [9.17, 15) is 9.59 Å². The Morgan fingerprint density at radius 2 is 1.57 bits per heavy atom. The first-order valence-corrected chi connectivity index (χ1v) is 8.51. The monoisotopic (exact) mass is 318 g/mol. The molecule has 4 heteroatoms. The number of hydrogen-bond donors (Lipinski definition) is 2. The highest BCUT2D eigenvalue weighted by Gasteiger charge is 2.11. The summed E-state index contributed by atoms with van der Waals surface area (Å²) < 4.78 is 0. The summed E-state index contributed by atoms with van der Waals surface area (Å²) in [5.41, 5.74) is 1.33. The van der Waals surface area contributed by atoms with Crippen molar-refractivity contribution in [3.8, 4) is 0 Å². The first kappa shape index (κ1) is 19.2. The zero-order valence-electron chi connectivity index (χ0n) is 15.0. The molecule has 128 valence electrons. The first-order valence-electron chi connectivity index (χ1n) is 8.51. The maximum Gasteiger partial charge on any atom is 0.251 e. The zero-order valence-corrected chi connectivity index (χ0v) is 15.0. The Labute approximate surface area is 140 Å². The van der Waals surface area contributed by atoms with Crippen LogP contribution in [0.25, 0.3) is 0 Å². The maximum atomic E-state index is 12.2. The van der Waals surface area contributed by atoms with E-state index >= 15 is 0 Å². The molecule has 0 fully saturated rings. The van der Waals surface area contributed by atoms with Crippen molar-refractivity contribution in [1.29, 1.82) is 0 Å². The first-order chi connectivity index (χ1) is 10.8. The van der Waals surface area contributed by atoms with Crippen LogP contribution in [0.1, 0.15) is 64.2 Å². The molecule has 0 saturated carbocycles. The molecule has 0 aliphatic heterocycles. The van der Waals surface area contributed by atoms with E-state index in [2.05, 4.69) is 24.5 Å². The Morgan fingerprint density at radius 1 is 0.957 bits per heavy atom. The second-order valence-corrected chi connectivity index (χ2v) is 6.92. The van der Waals surface area contributed by atoms with Gasteiger partial charge in [0, 0.05) is 23.2 Å². The van der Waals surface area contributed by atoms with Gasteiger partial charge in [0.25, 0.3) is 5.91 Å². The Balaban J connectivity index is 2.49. The van der Waals surface area contributed by atoms with Gasteiger partial charge in [-0.15, -0.1) is 0 Å². The quantitative estimate of drug-likeness (QED) is 0.753. The number of hydrogen-bond acceptors (Lipinski definition) is 2. The van der Waals surface area contributed by atoms with Crippen LogP contribution in [0.4, 0.5) is 5.69 Å². The van der Waals surface area contributed by atoms with Gasteiger partial charge >= 0.3 is 0 Å². The van der Waals surface area contributed by atoms with Crippen LogP contribution in [0.5, 0.6) is 0 Å². The smallest absolute Gasteiger partial charge is 0.251 e. The van der Waals surface area contributed by atoms with Crippen molar-refractivity contribution in [2.45, 2.75) is 59.9 Å². The van der Waals surface area contributed by atoms with Crippen molar-refractivity contribution in [1.82, 2.24) is 5.32 Å². The Hall–Kier alpha value is -1.84. The third kappa shape index (κ3) is 7.31. The predicted octanol–water partition coefficient (Wildman–Crippen LogP) is 4.23. The van der Waals surface area contributed by atoms with Gasteiger partial charge in [0.15, 0.2) is 0 Å². The van der Waals surface area contributed by atoms with Crippen LogP contribution in [0, 0.1) is 11.8 Å². The molecule has 23 heavy (non-hydrogen) atoms. The van der Waals surface area contributed by atoms with Crippen LogP contribution < -0.4 is 10.6 Å².